The van der Waals surface area contributed by atoms with Crippen LogP contribution in [-0.2, 0) is 21.6 Å². The predicted octanol–water partition coefficient (Wildman–Crippen LogP) is 1.32. The summed E-state index contributed by atoms with van der Waals surface area (Å²) in [6, 6.07) is 1.72. The van der Waals surface area contributed by atoms with Crippen molar-refractivity contribution in [2.24, 2.45) is 7.05 Å². The van der Waals surface area contributed by atoms with Crippen molar-refractivity contribution in [2.45, 2.75) is 49.9 Å². The van der Waals surface area contributed by atoms with E-state index in [2.05, 4.69) is 14.9 Å². The largest absolute Gasteiger partial charge is 0.444 e. The first kappa shape index (κ1) is 21.5. The van der Waals surface area contributed by atoms with Crippen LogP contribution >= 0.6 is 0 Å². The summed E-state index contributed by atoms with van der Waals surface area (Å²) in [6.45, 7) is 6.95. The van der Waals surface area contributed by atoms with Crippen LogP contribution in [0.15, 0.2) is 22.2 Å². The number of rotatable bonds is 2. The fourth-order valence-corrected chi connectivity index (χ4v) is 4.49. The van der Waals surface area contributed by atoms with Crippen LogP contribution in [0.25, 0.3) is 11.0 Å². The van der Waals surface area contributed by atoms with Gasteiger partial charge in [0, 0.05) is 44.5 Å². The van der Waals surface area contributed by atoms with E-state index in [-0.39, 0.29) is 28.0 Å². The number of carbonyl (C=O) groups excluding carboxylic acids is 1. The maximum Gasteiger partial charge on any atom is 0.410 e. The lowest BCUT2D eigenvalue weighted by molar-refractivity contribution is 0.0205. The zero-order chi connectivity index (χ0) is 22.8. The van der Waals surface area contributed by atoms with Gasteiger partial charge < -0.3 is 14.5 Å². The van der Waals surface area contributed by atoms with Gasteiger partial charge in [-0.05, 0) is 39.7 Å². The molecule has 0 aromatic carbocycles. The molecule has 2 fully saturated rings. The molecule has 11 heteroatoms. The minimum Gasteiger partial charge on any atom is -0.444 e. The summed E-state index contributed by atoms with van der Waals surface area (Å²) in [5.74, 6) is 0. The van der Waals surface area contributed by atoms with Gasteiger partial charge in [-0.3, -0.25) is 9.36 Å². The average molecular weight is 450 g/mol. The molecule has 31 heavy (non-hydrogen) atoms. The molecule has 2 aliphatic rings. The quantitative estimate of drug-likeness (QED) is 0.631. The van der Waals surface area contributed by atoms with Gasteiger partial charge in [0.2, 0.25) is 15.0 Å². The van der Waals surface area contributed by atoms with E-state index in [9.17, 15) is 18.0 Å². The van der Waals surface area contributed by atoms with Crippen molar-refractivity contribution in [3.63, 3.8) is 0 Å². The Balaban J connectivity index is 1.68. The number of aryl methyl sites for hydroxylation is 1. The molecule has 1 amide bonds. The SMILES string of the molecule is Cn1c(=O)c(N2CCN(C(=O)OC(C)(C)C)CC23CC3)cc2cnc(S(C)(=O)=O)nc21. The highest BCUT2D eigenvalue weighted by molar-refractivity contribution is 7.90. The minimum atomic E-state index is -3.59. The summed E-state index contributed by atoms with van der Waals surface area (Å²) in [4.78, 5) is 37.5. The van der Waals surface area contributed by atoms with Gasteiger partial charge >= 0.3 is 6.09 Å². The van der Waals surface area contributed by atoms with Crippen molar-refractivity contribution in [2.75, 3.05) is 30.8 Å². The number of nitrogens with zero attached hydrogens (tertiary/aromatic N) is 5. The van der Waals surface area contributed by atoms with Crippen LogP contribution in [0.5, 0.6) is 0 Å². The maximum absolute atomic E-state index is 13.2. The summed E-state index contributed by atoms with van der Waals surface area (Å²) in [5, 5.41) is 0.266. The van der Waals surface area contributed by atoms with Crippen LogP contribution in [0.1, 0.15) is 33.6 Å². The molecule has 3 heterocycles. The van der Waals surface area contributed by atoms with E-state index in [4.69, 9.17) is 4.74 Å². The first-order valence-electron chi connectivity index (χ1n) is 10.1. The number of amides is 1. The number of ether oxygens (including phenoxy) is 1. The van der Waals surface area contributed by atoms with Crippen molar-refractivity contribution in [3.05, 3.63) is 22.6 Å². The molecule has 1 saturated heterocycles. The Morgan fingerprint density at radius 2 is 1.90 bits per heavy atom. The molecule has 1 aliphatic heterocycles. The van der Waals surface area contributed by atoms with Crippen molar-refractivity contribution in [1.82, 2.24) is 19.4 Å². The fourth-order valence-electron chi connectivity index (χ4n) is 3.99. The number of sulfone groups is 1. The number of pyridine rings is 1. The Labute approximate surface area is 180 Å². The number of anilines is 1. The normalized spacial score (nSPS) is 18.5. The van der Waals surface area contributed by atoms with Crippen LogP contribution in [-0.4, -0.2) is 71.0 Å². The Morgan fingerprint density at radius 3 is 2.48 bits per heavy atom. The molecule has 10 nitrogen and oxygen atoms in total. The number of carbonyl (C=O) groups is 1. The molecule has 1 saturated carbocycles. The molecule has 0 radical (unpaired) electrons. The Bertz CT molecular complexity index is 1230. The highest BCUT2D eigenvalue weighted by Gasteiger charge is 2.53. The molecule has 4 rings (SSSR count). The summed E-state index contributed by atoms with van der Waals surface area (Å²) in [6.07, 6.45) is 3.86. The fraction of sp³-hybridized carbons (Fsp3) is 0.600. The lowest BCUT2D eigenvalue weighted by atomic mass is 10.1. The van der Waals surface area contributed by atoms with Crippen LogP contribution in [0.3, 0.4) is 0 Å². The number of hydrogen-bond acceptors (Lipinski definition) is 8. The van der Waals surface area contributed by atoms with Gasteiger partial charge in [-0.15, -0.1) is 0 Å². The van der Waals surface area contributed by atoms with Crippen molar-refractivity contribution < 1.29 is 17.9 Å². The van der Waals surface area contributed by atoms with Crippen LogP contribution in [0.2, 0.25) is 0 Å². The summed E-state index contributed by atoms with van der Waals surface area (Å²) in [5.41, 5.74) is -0.344. The Hall–Kier alpha value is -2.69. The van der Waals surface area contributed by atoms with Gasteiger partial charge in [-0.1, -0.05) is 0 Å². The second-order valence-electron chi connectivity index (χ2n) is 9.38. The van der Waals surface area contributed by atoms with Gasteiger partial charge in [-0.25, -0.2) is 18.2 Å². The number of aromatic nitrogens is 3. The standard InChI is InChI=1S/C20H27N5O5S/c1-19(2,3)30-18(27)24-8-9-25(20(12-24)6-7-20)14-10-13-11-21-17(31(5,28)29)22-15(13)23(4)16(14)26/h10-11H,6-9,12H2,1-5H3. The van der Waals surface area contributed by atoms with E-state index < -0.39 is 15.4 Å². The van der Waals surface area contributed by atoms with Gasteiger partial charge in [-0.2, -0.15) is 4.98 Å². The number of fused-ring (bicyclic) bond motifs is 1. The van der Waals surface area contributed by atoms with E-state index in [1.165, 1.54) is 10.8 Å². The minimum absolute atomic E-state index is 0.261. The summed E-state index contributed by atoms with van der Waals surface area (Å²) in [7, 11) is -2.01. The smallest absolute Gasteiger partial charge is 0.410 e. The van der Waals surface area contributed by atoms with Crippen LogP contribution in [0, 0.1) is 0 Å². The van der Waals surface area contributed by atoms with E-state index in [1.807, 2.05) is 20.8 Å². The zero-order valence-electron chi connectivity index (χ0n) is 18.4. The molecule has 0 atom stereocenters. The second kappa shape index (κ2) is 6.91. The Morgan fingerprint density at radius 1 is 1.23 bits per heavy atom. The topological polar surface area (TPSA) is 115 Å². The monoisotopic (exact) mass is 449 g/mol. The average Bonchev–Trinajstić information content (AvgIpc) is 3.42. The van der Waals surface area contributed by atoms with Gasteiger partial charge in [0.1, 0.15) is 16.9 Å². The zero-order valence-corrected chi connectivity index (χ0v) is 19.2. The van der Waals surface area contributed by atoms with Gasteiger partial charge in [0.25, 0.3) is 5.56 Å². The third kappa shape index (κ3) is 3.98. The third-order valence-corrected chi connectivity index (χ3v) is 6.52. The lowest BCUT2D eigenvalue weighted by Gasteiger charge is -2.43. The first-order chi connectivity index (χ1) is 14.3. The summed E-state index contributed by atoms with van der Waals surface area (Å²) >= 11 is 0. The van der Waals surface area contributed by atoms with Gasteiger partial charge in [0.05, 0.1) is 5.54 Å². The number of hydrogen-bond donors (Lipinski definition) is 0. The molecule has 0 N–H and O–H groups in total. The third-order valence-electron chi connectivity index (χ3n) is 5.66. The van der Waals surface area contributed by atoms with E-state index >= 15 is 0 Å². The van der Waals surface area contributed by atoms with E-state index in [0.717, 1.165) is 19.1 Å². The maximum atomic E-state index is 13.2. The molecular formula is C20H27N5O5S. The van der Waals surface area contributed by atoms with Crippen molar-refractivity contribution in [1.29, 1.82) is 0 Å². The molecule has 2 aromatic rings. The Kier molecular flexibility index (Phi) is 4.80. The second-order valence-corrected chi connectivity index (χ2v) is 11.3. The summed E-state index contributed by atoms with van der Waals surface area (Å²) < 4.78 is 30.5. The highest BCUT2D eigenvalue weighted by Crippen LogP contribution is 2.46. The highest BCUT2D eigenvalue weighted by atomic mass is 32.2. The van der Waals surface area contributed by atoms with Crippen molar-refractivity contribution in [3.8, 4) is 0 Å². The number of piperazine rings is 1. The molecule has 2 aromatic heterocycles. The van der Waals surface area contributed by atoms with Crippen molar-refractivity contribution >= 4 is 32.7 Å². The predicted molar refractivity (Wildman–Crippen MR) is 115 cm³/mol. The molecule has 168 valence electrons. The van der Waals surface area contributed by atoms with Crippen LogP contribution < -0.4 is 10.5 Å². The molecule has 1 spiro atoms. The molecule has 0 bridgehead atoms. The lowest BCUT2D eigenvalue weighted by Crippen LogP contribution is -2.58. The van der Waals surface area contributed by atoms with E-state index in [1.54, 1.807) is 18.0 Å². The van der Waals surface area contributed by atoms with Gasteiger partial charge in [0.15, 0.2) is 0 Å². The van der Waals surface area contributed by atoms with E-state index in [0.29, 0.717) is 30.7 Å². The first-order valence-corrected chi connectivity index (χ1v) is 12.0. The molecular weight excluding hydrogens is 422 g/mol. The van der Waals surface area contributed by atoms with Crippen LogP contribution in [0.4, 0.5) is 10.5 Å². The molecule has 1 aliphatic carbocycles. The molecule has 0 unspecified atom stereocenters.